The fourth-order valence-electron chi connectivity index (χ4n) is 2.43. The minimum Gasteiger partial charge on any atom is -0.325 e. The first-order chi connectivity index (χ1) is 12.9. The second kappa shape index (κ2) is 9.72. The summed E-state index contributed by atoms with van der Waals surface area (Å²) in [5.41, 5.74) is 2.70. The normalized spacial score (nSPS) is 10.3. The van der Waals surface area contributed by atoms with Gasteiger partial charge in [0.25, 0.3) is 0 Å². The molecule has 0 atom stereocenters. The van der Waals surface area contributed by atoms with Gasteiger partial charge in [0.1, 0.15) is 0 Å². The summed E-state index contributed by atoms with van der Waals surface area (Å²) in [5.74, 6) is -0.443. The van der Waals surface area contributed by atoms with Gasteiger partial charge in [-0.2, -0.15) is 5.26 Å². The quantitative estimate of drug-likeness (QED) is 0.765. The average Bonchev–Trinajstić information content (AvgIpc) is 2.64. The van der Waals surface area contributed by atoms with Crippen LogP contribution in [0.1, 0.15) is 18.1 Å². The van der Waals surface area contributed by atoms with Gasteiger partial charge in [0.15, 0.2) is 0 Å². The van der Waals surface area contributed by atoms with E-state index in [4.69, 9.17) is 16.9 Å². The van der Waals surface area contributed by atoms with Crippen molar-refractivity contribution in [3.05, 3.63) is 58.6 Å². The summed E-state index contributed by atoms with van der Waals surface area (Å²) in [7, 11) is 0. The van der Waals surface area contributed by atoms with Gasteiger partial charge in [0.2, 0.25) is 11.8 Å². The number of amides is 2. The number of anilines is 2. The fraction of sp³-hybridized carbons (Fsp3) is 0.250. The topological polar surface area (TPSA) is 85.2 Å². The highest BCUT2D eigenvalue weighted by molar-refractivity contribution is 6.31. The molecule has 0 aliphatic carbocycles. The smallest absolute Gasteiger partial charge is 0.238 e. The minimum atomic E-state index is -0.228. The molecule has 2 amide bonds. The number of nitriles is 1. The predicted octanol–water partition coefficient (Wildman–Crippen LogP) is 3.42. The van der Waals surface area contributed by atoms with Crippen molar-refractivity contribution in [2.45, 2.75) is 13.8 Å². The van der Waals surface area contributed by atoms with Crippen molar-refractivity contribution in [2.75, 3.05) is 30.3 Å². The van der Waals surface area contributed by atoms with Crippen LogP contribution in [0.3, 0.4) is 0 Å². The van der Waals surface area contributed by atoms with E-state index in [1.165, 1.54) is 0 Å². The molecule has 0 heterocycles. The number of likely N-dealkylation sites (N-methyl/N-ethyl adjacent to an activating group) is 1. The average molecular weight is 385 g/mol. The van der Waals surface area contributed by atoms with Crippen LogP contribution >= 0.6 is 11.6 Å². The van der Waals surface area contributed by atoms with Crippen molar-refractivity contribution < 1.29 is 9.59 Å². The van der Waals surface area contributed by atoms with E-state index in [9.17, 15) is 9.59 Å². The molecule has 2 aromatic rings. The van der Waals surface area contributed by atoms with Crippen LogP contribution in [0.25, 0.3) is 0 Å². The molecule has 0 bridgehead atoms. The Morgan fingerprint density at radius 1 is 1.07 bits per heavy atom. The summed E-state index contributed by atoms with van der Waals surface area (Å²) in [5, 5.41) is 14.9. The number of hydrogen-bond acceptors (Lipinski definition) is 4. The van der Waals surface area contributed by atoms with Gasteiger partial charge in [-0.05, 0) is 55.4 Å². The number of halogens is 1. The zero-order valence-electron chi connectivity index (χ0n) is 15.3. The lowest BCUT2D eigenvalue weighted by Gasteiger charge is -2.19. The number of nitrogens with one attached hydrogen (secondary N) is 2. The summed E-state index contributed by atoms with van der Waals surface area (Å²) in [6, 6.07) is 13.9. The third-order valence-corrected chi connectivity index (χ3v) is 4.19. The van der Waals surface area contributed by atoms with Gasteiger partial charge in [-0.15, -0.1) is 0 Å². The summed E-state index contributed by atoms with van der Waals surface area (Å²) in [4.78, 5) is 26.2. The van der Waals surface area contributed by atoms with Crippen molar-refractivity contribution in [3.8, 4) is 6.07 Å². The molecule has 140 valence electrons. The summed E-state index contributed by atoms with van der Waals surface area (Å²) >= 11 is 5.97. The highest BCUT2D eigenvalue weighted by Crippen LogP contribution is 2.20. The fourth-order valence-corrected chi connectivity index (χ4v) is 2.61. The molecule has 0 saturated heterocycles. The molecule has 27 heavy (non-hydrogen) atoms. The van der Waals surface area contributed by atoms with Crippen molar-refractivity contribution >= 4 is 34.8 Å². The van der Waals surface area contributed by atoms with Crippen molar-refractivity contribution in [1.29, 1.82) is 5.26 Å². The van der Waals surface area contributed by atoms with Gasteiger partial charge in [0.05, 0.1) is 24.7 Å². The molecule has 0 aliphatic rings. The van der Waals surface area contributed by atoms with Gasteiger partial charge in [-0.25, -0.2) is 0 Å². The lowest BCUT2D eigenvalue weighted by atomic mass is 10.2. The Labute approximate surface area is 163 Å². The second-order valence-corrected chi connectivity index (χ2v) is 6.48. The Kier molecular flexibility index (Phi) is 7.35. The van der Waals surface area contributed by atoms with Crippen LogP contribution in [0, 0.1) is 18.3 Å². The molecule has 2 aromatic carbocycles. The van der Waals surface area contributed by atoms with E-state index in [1.807, 2.05) is 26.0 Å². The molecule has 0 fully saturated rings. The Balaban J connectivity index is 1.89. The standard InChI is InChI=1S/C20H21ClN4O2/c1-3-25(12-19(26)23-17-8-5-15(11-22)6-9-17)13-20(27)24-18-10-16(21)7-4-14(18)2/h4-10H,3,12-13H2,1-2H3,(H,23,26)(H,24,27). The first-order valence-corrected chi connectivity index (χ1v) is 8.87. The SMILES string of the molecule is CCN(CC(=O)Nc1ccc(C#N)cc1)CC(=O)Nc1cc(Cl)ccc1C. The Morgan fingerprint density at radius 3 is 2.30 bits per heavy atom. The molecular formula is C20H21ClN4O2. The Morgan fingerprint density at radius 2 is 1.70 bits per heavy atom. The molecule has 6 nitrogen and oxygen atoms in total. The van der Waals surface area contributed by atoms with E-state index >= 15 is 0 Å². The Bertz CT molecular complexity index is 859. The lowest BCUT2D eigenvalue weighted by molar-refractivity contribution is -0.119. The van der Waals surface area contributed by atoms with Crippen LogP contribution < -0.4 is 10.6 Å². The minimum absolute atomic E-state index is 0.0818. The van der Waals surface area contributed by atoms with E-state index in [2.05, 4.69) is 10.6 Å². The second-order valence-electron chi connectivity index (χ2n) is 6.05. The summed E-state index contributed by atoms with van der Waals surface area (Å²) < 4.78 is 0. The van der Waals surface area contributed by atoms with E-state index in [-0.39, 0.29) is 24.9 Å². The molecule has 7 heteroatoms. The zero-order valence-corrected chi connectivity index (χ0v) is 16.0. The third kappa shape index (κ3) is 6.41. The first-order valence-electron chi connectivity index (χ1n) is 8.49. The maximum atomic E-state index is 12.3. The Hall–Kier alpha value is -2.88. The molecule has 2 rings (SSSR count). The van der Waals surface area contributed by atoms with Gasteiger partial charge >= 0.3 is 0 Å². The van der Waals surface area contributed by atoms with Crippen LogP contribution in [0.15, 0.2) is 42.5 Å². The molecule has 0 unspecified atom stereocenters. The number of hydrogen-bond donors (Lipinski definition) is 2. The van der Waals surface area contributed by atoms with Crippen molar-refractivity contribution in [1.82, 2.24) is 4.90 Å². The van der Waals surface area contributed by atoms with Crippen LogP contribution in [-0.2, 0) is 9.59 Å². The number of nitrogens with zero attached hydrogens (tertiary/aromatic N) is 2. The number of aryl methyl sites for hydroxylation is 1. The largest absolute Gasteiger partial charge is 0.325 e. The number of rotatable bonds is 7. The third-order valence-electron chi connectivity index (χ3n) is 3.95. The number of carbonyl (C=O) groups is 2. The molecule has 0 aliphatic heterocycles. The molecule has 0 radical (unpaired) electrons. The zero-order chi connectivity index (χ0) is 19.8. The van der Waals surface area contributed by atoms with E-state index in [0.717, 1.165) is 5.56 Å². The maximum Gasteiger partial charge on any atom is 0.238 e. The molecule has 0 aromatic heterocycles. The van der Waals surface area contributed by atoms with Crippen LogP contribution in [0.5, 0.6) is 0 Å². The summed E-state index contributed by atoms with van der Waals surface area (Å²) in [6.07, 6.45) is 0. The monoisotopic (exact) mass is 384 g/mol. The molecule has 0 spiro atoms. The number of carbonyl (C=O) groups excluding carboxylic acids is 2. The summed E-state index contributed by atoms with van der Waals surface area (Å²) in [6.45, 7) is 4.48. The van der Waals surface area contributed by atoms with Gasteiger partial charge in [-0.1, -0.05) is 24.6 Å². The molecule has 2 N–H and O–H groups in total. The first kappa shape index (κ1) is 20.4. The lowest BCUT2D eigenvalue weighted by Crippen LogP contribution is -2.38. The van der Waals surface area contributed by atoms with E-state index < -0.39 is 0 Å². The number of benzene rings is 2. The maximum absolute atomic E-state index is 12.3. The van der Waals surface area contributed by atoms with E-state index in [0.29, 0.717) is 28.5 Å². The van der Waals surface area contributed by atoms with Crippen LogP contribution in [0.2, 0.25) is 5.02 Å². The predicted molar refractivity (Wildman–Crippen MR) is 107 cm³/mol. The van der Waals surface area contributed by atoms with Crippen molar-refractivity contribution in [3.63, 3.8) is 0 Å². The van der Waals surface area contributed by atoms with Crippen molar-refractivity contribution in [2.24, 2.45) is 0 Å². The van der Waals surface area contributed by atoms with Crippen LogP contribution in [-0.4, -0.2) is 36.3 Å². The van der Waals surface area contributed by atoms with E-state index in [1.54, 1.807) is 41.3 Å². The van der Waals surface area contributed by atoms with Gasteiger partial charge in [-0.3, -0.25) is 14.5 Å². The van der Waals surface area contributed by atoms with Gasteiger partial charge < -0.3 is 10.6 Å². The molecule has 0 saturated carbocycles. The van der Waals surface area contributed by atoms with Crippen LogP contribution in [0.4, 0.5) is 11.4 Å². The highest BCUT2D eigenvalue weighted by atomic mass is 35.5. The molecular weight excluding hydrogens is 364 g/mol. The highest BCUT2D eigenvalue weighted by Gasteiger charge is 2.14. The van der Waals surface area contributed by atoms with Gasteiger partial charge in [0, 0.05) is 16.4 Å².